The molecule has 0 amide bonds. The predicted octanol–water partition coefficient (Wildman–Crippen LogP) is 0.589. The zero-order valence-electron chi connectivity index (χ0n) is 9.59. The monoisotopic (exact) mass is 240 g/mol. The van der Waals surface area contributed by atoms with Crippen LogP contribution < -0.4 is 5.32 Å². The zero-order valence-corrected chi connectivity index (χ0v) is 9.59. The summed E-state index contributed by atoms with van der Waals surface area (Å²) in [6.45, 7) is 0.444. The molecule has 1 aromatic heterocycles. The molecule has 0 radical (unpaired) electrons. The molecule has 0 aliphatic carbocycles. The number of carboxylic acid groups (broad SMARTS) is 1. The van der Waals surface area contributed by atoms with Crippen LogP contribution in [0.15, 0.2) is 18.2 Å². The van der Waals surface area contributed by atoms with Gasteiger partial charge in [0.15, 0.2) is 5.69 Å². The van der Waals surface area contributed by atoms with E-state index in [0.29, 0.717) is 18.8 Å². The van der Waals surface area contributed by atoms with Crippen LogP contribution in [0, 0.1) is 0 Å². The lowest BCUT2D eigenvalue weighted by molar-refractivity contribution is 0.0690. The molecule has 0 spiro atoms. The van der Waals surface area contributed by atoms with Gasteiger partial charge in [0.25, 0.3) is 0 Å². The second kappa shape index (κ2) is 6.82. The number of ether oxygens (including phenoxy) is 1. The second-order valence-corrected chi connectivity index (χ2v) is 3.52. The van der Waals surface area contributed by atoms with Crippen molar-refractivity contribution < 1.29 is 19.7 Å². The molecule has 1 atom stereocenters. The van der Waals surface area contributed by atoms with Gasteiger partial charge in [-0.1, -0.05) is 6.07 Å². The van der Waals surface area contributed by atoms with Crippen molar-refractivity contribution in [2.45, 2.75) is 12.5 Å². The highest BCUT2D eigenvalue weighted by Crippen LogP contribution is 2.08. The summed E-state index contributed by atoms with van der Waals surface area (Å²) >= 11 is 0. The third kappa shape index (κ3) is 4.38. The smallest absolute Gasteiger partial charge is 0.354 e. The van der Waals surface area contributed by atoms with Crippen LogP contribution in [0.3, 0.4) is 0 Å². The number of carboxylic acids is 1. The number of aliphatic hydroxyl groups is 1. The van der Waals surface area contributed by atoms with Gasteiger partial charge in [0.05, 0.1) is 12.6 Å². The van der Waals surface area contributed by atoms with E-state index in [1.54, 1.807) is 19.2 Å². The van der Waals surface area contributed by atoms with Gasteiger partial charge in [-0.2, -0.15) is 0 Å². The van der Waals surface area contributed by atoms with Crippen LogP contribution in [0.25, 0.3) is 0 Å². The highest BCUT2D eigenvalue weighted by Gasteiger charge is 2.09. The lowest BCUT2D eigenvalue weighted by Crippen LogP contribution is -2.26. The van der Waals surface area contributed by atoms with Gasteiger partial charge in [-0.3, -0.25) is 0 Å². The molecule has 0 fully saturated rings. The molecule has 1 unspecified atom stereocenters. The Morgan fingerprint density at radius 1 is 1.59 bits per heavy atom. The lowest BCUT2D eigenvalue weighted by atomic mass is 10.2. The standard InChI is InChI=1S/C11H16N2O4/c1-17-6-5-8(7-14)12-10-4-2-3-9(13-10)11(15)16/h2-4,8,14H,5-7H2,1H3,(H,12,13)(H,15,16). The number of carbonyl (C=O) groups is 1. The third-order valence-corrected chi connectivity index (χ3v) is 2.21. The van der Waals surface area contributed by atoms with Gasteiger partial charge in [0.2, 0.25) is 0 Å². The summed E-state index contributed by atoms with van der Waals surface area (Å²) in [5.74, 6) is -0.647. The van der Waals surface area contributed by atoms with Crippen molar-refractivity contribution >= 4 is 11.8 Å². The highest BCUT2D eigenvalue weighted by molar-refractivity contribution is 5.85. The maximum Gasteiger partial charge on any atom is 0.354 e. The molecular formula is C11H16N2O4. The number of aliphatic hydroxyl groups excluding tert-OH is 1. The number of aromatic nitrogens is 1. The van der Waals surface area contributed by atoms with Gasteiger partial charge in [-0.15, -0.1) is 0 Å². The number of anilines is 1. The van der Waals surface area contributed by atoms with Crippen LogP contribution in [-0.4, -0.2) is 47.5 Å². The van der Waals surface area contributed by atoms with Crippen molar-refractivity contribution in [2.24, 2.45) is 0 Å². The van der Waals surface area contributed by atoms with E-state index in [9.17, 15) is 4.79 Å². The fourth-order valence-electron chi connectivity index (χ4n) is 1.31. The number of pyridine rings is 1. The van der Waals surface area contributed by atoms with Crippen LogP contribution in [0.2, 0.25) is 0 Å². The summed E-state index contributed by atoms with van der Waals surface area (Å²) in [5.41, 5.74) is -0.0292. The quantitative estimate of drug-likeness (QED) is 0.646. The molecule has 3 N–H and O–H groups in total. The molecule has 1 aromatic rings. The molecule has 0 aliphatic rings. The van der Waals surface area contributed by atoms with Crippen molar-refractivity contribution in [2.75, 3.05) is 25.6 Å². The fraction of sp³-hybridized carbons (Fsp3) is 0.455. The summed E-state index contributed by atoms with van der Waals surface area (Å²) in [7, 11) is 1.58. The third-order valence-electron chi connectivity index (χ3n) is 2.21. The van der Waals surface area contributed by atoms with Gasteiger partial charge in [-0.25, -0.2) is 9.78 Å². The summed E-state index contributed by atoms with van der Waals surface area (Å²) in [5, 5.41) is 20.9. The van der Waals surface area contributed by atoms with Crippen LogP contribution in [0.5, 0.6) is 0 Å². The molecule has 0 aromatic carbocycles. The molecule has 1 rings (SSSR count). The van der Waals surface area contributed by atoms with Crippen molar-refractivity contribution in [3.8, 4) is 0 Å². The number of nitrogens with one attached hydrogen (secondary N) is 1. The first-order chi connectivity index (χ1) is 8.17. The van der Waals surface area contributed by atoms with E-state index in [0.717, 1.165) is 0 Å². The van der Waals surface area contributed by atoms with Gasteiger partial charge in [-0.05, 0) is 18.6 Å². The number of hydrogen-bond acceptors (Lipinski definition) is 5. The van der Waals surface area contributed by atoms with Gasteiger partial charge in [0.1, 0.15) is 5.82 Å². The molecule has 0 bridgehead atoms. The molecule has 6 heteroatoms. The summed E-state index contributed by atoms with van der Waals surface area (Å²) in [6, 6.07) is 4.47. The first-order valence-corrected chi connectivity index (χ1v) is 5.24. The Balaban J connectivity index is 2.65. The predicted molar refractivity (Wildman–Crippen MR) is 62.2 cm³/mol. The van der Waals surface area contributed by atoms with Crippen molar-refractivity contribution in [3.63, 3.8) is 0 Å². The van der Waals surface area contributed by atoms with Gasteiger partial charge >= 0.3 is 5.97 Å². The van der Waals surface area contributed by atoms with E-state index in [1.807, 2.05) is 0 Å². The fourth-order valence-corrected chi connectivity index (χ4v) is 1.31. The molecule has 17 heavy (non-hydrogen) atoms. The van der Waals surface area contributed by atoms with E-state index in [-0.39, 0.29) is 18.3 Å². The number of methoxy groups -OCH3 is 1. The molecule has 0 saturated heterocycles. The summed E-state index contributed by atoms with van der Waals surface area (Å²) in [4.78, 5) is 14.6. The van der Waals surface area contributed by atoms with Gasteiger partial charge < -0.3 is 20.3 Å². The minimum atomic E-state index is -1.08. The Kier molecular flexibility index (Phi) is 5.38. The number of rotatable bonds is 7. The number of nitrogens with zero attached hydrogens (tertiary/aromatic N) is 1. The largest absolute Gasteiger partial charge is 0.477 e. The molecule has 1 heterocycles. The molecule has 0 saturated carbocycles. The van der Waals surface area contributed by atoms with E-state index >= 15 is 0 Å². The van der Waals surface area contributed by atoms with E-state index < -0.39 is 5.97 Å². The Morgan fingerprint density at radius 2 is 2.35 bits per heavy atom. The highest BCUT2D eigenvalue weighted by atomic mass is 16.5. The summed E-state index contributed by atoms with van der Waals surface area (Å²) < 4.78 is 4.91. The lowest BCUT2D eigenvalue weighted by Gasteiger charge is -2.16. The maximum atomic E-state index is 10.7. The second-order valence-electron chi connectivity index (χ2n) is 3.52. The molecule has 6 nitrogen and oxygen atoms in total. The SMILES string of the molecule is COCCC(CO)Nc1cccc(C(=O)O)n1. The molecule has 0 aliphatic heterocycles. The number of hydrogen-bond donors (Lipinski definition) is 3. The minimum Gasteiger partial charge on any atom is -0.477 e. The topological polar surface area (TPSA) is 91.7 Å². The average Bonchev–Trinajstić information content (AvgIpc) is 2.34. The van der Waals surface area contributed by atoms with Crippen LogP contribution in [0.4, 0.5) is 5.82 Å². The Bertz CT molecular complexity index is 370. The van der Waals surface area contributed by atoms with Crippen molar-refractivity contribution in [3.05, 3.63) is 23.9 Å². The normalized spacial score (nSPS) is 12.1. The zero-order chi connectivity index (χ0) is 12.7. The van der Waals surface area contributed by atoms with E-state index in [4.69, 9.17) is 14.9 Å². The maximum absolute atomic E-state index is 10.7. The first kappa shape index (κ1) is 13.4. The number of aromatic carboxylic acids is 1. The first-order valence-electron chi connectivity index (χ1n) is 5.24. The summed E-state index contributed by atoms with van der Waals surface area (Å²) in [6.07, 6.45) is 0.617. The minimum absolute atomic E-state index is 0.0292. The molecular weight excluding hydrogens is 224 g/mol. The Morgan fingerprint density at radius 3 is 2.94 bits per heavy atom. The van der Waals surface area contributed by atoms with Crippen LogP contribution in [-0.2, 0) is 4.74 Å². The van der Waals surface area contributed by atoms with Gasteiger partial charge in [0, 0.05) is 13.7 Å². The van der Waals surface area contributed by atoms with E-state index in [1.165, 1.54) is 6.07 Å². The van der Waals surface area contributed by atoms with Crippen molar-refractivity contribution in [1.29, 1.82) is 0 Å². The molecule has 94 valence electrons. The Labute approximate surface area is 99.3 Å². The van der Waals surface area contributed by atoms with Crippen LogP contribution >= 0.6 is 0 Å². The van der Waals surface area contributed by atoms with Crippen molar-refractivity contribution in [1.82, 2.24) is 4.98 Å². The Hall–Kier alpha value is -1.66. The average molecular weight is 240 g/mol. The van der Waals surface area contributed by atoms with Crippen LogP contribution in [0.1, 0.15) is 16.9 Å². The van der Waals surface area contributed by atoms with E-state index in [2.05, 4.69) is 10.3 Å².